The minimum atomic E-state index is -0.178. The van der Waals surface area contributed by atoms with Gasteiger partial charge in [-0.2, -0.15) is 0 Å². The van der Waals surface area contributed by atoms with E-state index in [1.54, 1.807) is 6.07 Å². The molecule has 1 unspecified atom stereocenters. The van der Waals surface area contributed by atoms with E-state index in [9.17, 15) is 4.39 Å². The number of likely N-dealkylation sites (N-methyl/N-ethyl adjacent to an activating group) is 1. The van der Waals surface area contributed by atoms with Gasteiger partial charge in [-0.25, -0.2) is 4.39 Å². The zero-order chi connectivity index (χ0) is 13.8. The molecular formula is C16H17BrFN. The lowest BCUT2D eigenvalue weighted by Gasteiger charge is -2.19. The molecule has 2 aromatic carbocycles. The fraction of sp³-hybridized carbons (Fsp3) is 0.250. The summed E-state index contributed by atoms with van der Waals surface area (Å²) in [6.45, 7) is 1.95. The number of hydrogen-bond acceptors (Lipinski definition) is 1. The Bertz CT molecular complexity index is 568. The van der Waals surface area contributed by atoms with Gasteiger partial charge in [0.25, 0.3) is 0 Å². The quantitative estimate of drug-likeness (QED) is 0.880. The number of halogens is 2. The second-order valence-electron chi connectivity index (χ2n) is 4.64. The van der Waals surface area contributed by atoms with E-state index in [1.165, 1.54) is 11.6 Å². The Balaban J connectivity index is 2.27. The average Bonchev–Trinajstić information content (AvgIpc) is 2.39. The largest absolute Gasteiger partial charge is 0.313 e. The van der Waals surface area contributed by atoms with Crippen LogP contribution in [0.15, 0.2) is 46.9 Å². The van der Waals surface area contributed by atoms with E-state index in [2.05, 4.69) is 27.3 Å². The third-order valence-electron chi connectivity index (χ3n) is 3.36. The SMILES string of the molecule is CNC(Cc1ccc(F)cc1C)c1ccccc1Br. The first-order valence-electron chi connectivity index (χ1n) is 6.28. The number of aryl methyl sites for hydroxylation is 1. The predicted molar refractivity (Wildman–Crippen MR) is 80.8 cm³/mol. The highest BCUT2D eigenvalue weighted by atomic mass is 79.9. The van der Waals surface area contributed by atoms with Crippen LogP contribution in [0.3, 0.4) is 0 Å². The van der Waals surface area contributed by atoms with Gasteiger partial charge in [-0.15, -0.1) is 0 Å². The Labute approximate surface area is 122 Å². The van der Waals surface area contributed by atoms with Gasteiger partial charge in [-0.05, 0) is 55.3 Å². The van der Waals surface area contributed by atoms with E-state index < -0.39 is 0 Å². The predicted octanol–water partition coefficient (Wildman–Crippen LogP) is 4.40. The van der Waals surface area contributed by atoms with E-state index in [-0.39, 0.29) is 11.9 Å². The van der Waals surface area contributed by atoms with Crippen molar-refractivity contribution in [2.45, 2.75) is 19.4 Å². The summed E-state index contributed by atoms with van der Waals surface area (Å²) >= 11 is 3.58. The fourth-order valence-corrected chi connectivity index (χ4v) is 2.79. The Morgan fingerprint density at radius 1 is 1.21 bits per heavy atom. The zero-order valence-electron chi connectivity index (χ0n) is 11.1. The number of nitrogens with one attached hydrogen (secondary N) is 1. The van der Waals surface area contributed by atoms with Crippen molar-refractivity contribution in [3.63, 3.8) is 0 Å². The molecule has 1 N–H and O–H groups in total. The summed E-state index contributed by atoms with van der Waals surface area (Å²) in [6, 6.07) is 13.4. The molecule has 1 nitrogen and oxygen atoms in total. The maximum atomic E-state index is 13.1. The van der Waals surface area contributed by atoms with Crippen molar-refractivity contribution in [2.75, 3.05) is 7.05 Å². The molecule has 100 valence electrons. The highest BCUT2D eigenvalue weighted by molar-refractivity contribution is 9.10. The Kier molecular flexibility index (Phi) is 4.72. The molecule has 0 aromatic heterocycles. The summed E-state index contributed by atoms with van der Waals surface area (Å²) < 4.78 is 14.2. The van der Waals surface area contributed by atoms with Crippen molar-refractivity contribution < 1.29 is 4.39 Å². The second kappa shape index (κ2) is 6.31. The van der Waals surface area contributed by atoms with Crippen LogP contribution in [-0.4, -0.2) is 7.05 Å². The van der Waals surface area contributed by atoms with Crippen molar-refractivity contribution in [1.82, 2.24) is 5.32 Å². The van der Waals surface area contributed by atoms with Gasteiger partial charge in [0.1, 0.15) is 5.82 Å². The van der Waals surface area contributed by atoms with Crippen LogP contribution >= 0.6 is 15.9 Å². The molecule has 0 aliphatic heterocycles. The van der Waals surface area contributed by atoms with Crippen LogP contribution in [0.1, 0.15) is 22.7 Å². The van der Waals surface area contributed by atoms with Gasteiger partial charge >= 0.3 is 0 Å². The first-order valence-corrected chi connectivity index (χ1v) is 7.08. The standard InChI is InChI=1S/C16H17BrFN/c1-11-9-13(18)8-7-12(11)10-16(19-2)14-5-3-4-6-15(14)17/h3-9,16,19H,10H2,1-2H3. The molecule has 1 atom stereocenters. The first kappa shape index (κ1) is 14.2. The van der Waals surface area contributed by atoms with Gasteiger partial charge in [-0.3, -0.25) is 0 Å². The molecule has 0 heterocycles. The van der Waals surface area contributed by atoms with E-state index in [1.807, 2.05) is 38.2 Å². The smallest absolute Gasteiger partial charge is 0.123 e. The maximum absolute atomic E-state index is 13.1. The van der Waals surface area contributed by atoms with Gasteiger partial charge < -0.3 is 5.32 Å². The van der Waals surface area contributed by atoms with Crippen LogP contribution in [0.25, 0.3) is 0 Å². The van der Waals surface area contributed by atoms with Crippen LogP contribution in [0.5, 0.6) is 0 Å². The number of benzene rings is 2. The molecule has 19 heavy (non-hydrogen) atoms. The van der Waals surface area contributed by atoms with Crippen LogP contribution < -0.4 is 5.32 Å². The van der Waals surface area contributed by atoms with Crippen LogP contribution in [0.2, 0.25) is 0 Å². The van der Waals surface area contributed by atoms with Crippen molar-refractivity contribution in [2.24, 2.45) is 0 Å². The highest BCUT2D eigenvalue weighted by Crippen LogP contribution is 2.26. The molecule has 0 aliphatic carbocycles. The van der Waals surface area contributed by atoms with Crippen LogP contribution in [-0.2, 0) is 6.42 Å². The summed E-state index contributed by atoms with van der Waals surface area (Å²) in [5, 5.41) is 3.33. The monoisotopic (exact) mass is 321 g/mol. The summed E-state index contributed by atoms with van der Waals surface area (Å²) in [5.41, 5.74) is 3.37. The van der Waals surface area contributed by atoms with Gasteiger partial charge in [-0.1, -0.05) is 40.2 Å². The zero-order valence-corrected chi connectivity index (χ0v) is 12.7. The minimum Gasteiger partial charge on any atom is -0.313 e. The molecule has 0 saturated carbocycles. The fourth-order valence-electron chi connectivity index (χ4n) is 2.23. The first-order chi connectivity index (χ1) is 9.11. The minimum absolute atomic E-state index is 0.178. The molecule has 0 amide bonds. The summed E-state index contributed by atoms with van der Waals surface area (Å²) in [5.74, 6) is -0.178. The highest BCUT2D eigenvalue weighted by Gasteiger charge is 2.14. The molecule has 0 spiro atoms. The lowest BCUT2D eigenvalue weighted by molar-refractivity contribution is 0.585. The van der Waals surface area contributed by atoms with Crippen molar-refractivity contribution in [3.05, 3.63) is 69.4 Å². The summed E-state index contributed by atoms with van der Waals surface area (Å²) in [7, 11) is 1.95. The maximum Gasteiger partial charge on any atom is 0.123 e. The van der Waals surface area contributed by atoms with Crippen molar-refractivity contribution >= 4 is 15.9 Å². The van der Waals surface area contributed by atoms with Crippen molar-refractivity contribution in [1.29, 1.82) is 0 Å². The normalized spacial score (nSPS) is 12.4. The van der Waals surface area contributed by atoms with Crippen molar-refractivity contribution in [3.8, 4) is 0 Å². The average molecular weight is 322 g/mol. The molecule has 0 saturated heterocycles. The van der Waals surface area contributed by atoms with Gasteiger partial charge in [0.15, 0.2) is 0 Å². The molecule has 2 aromatic rings. The Morgan fingerprint density at radius 3 is 2.58 bits per heavy atom. The summed E-state index contributed by atoms with van der Waals surface area (Å²) in [6.07, 6.45) is 0.839. The van der Waals surface area contributed by atoms with Crippen LogP contribution in [0, 0.1) is 12.7 Å². The Morgan fingerprint density at radius 2 is 1.95 bits per heavy atom. The van der Waals surface area contributed by atoms with E-state index in [0.717, 1.165) is 22.0 Å². The van der Waals surface area contributed by atoms with Gasteiger partial charge in [0.05, 0.1) is 0 Å². The second-order valence-corrected chi connectivity index (χ2v) is 5.49. The molecule has 0 bridgehead atoms. The van der Waals surface area contributed by atoms with E-state index in [4.69, 9.17) is 0 Å². The molecular weight excluding hydrogens is 305 g/mol. The molecule has 3 heteroatoms. The molecule has 2 rings (SSSR count). The topological polar surface area (TPSA) is 12.0 Å². The molecule has 0 aliphatic rings. The van der Waals surface area contributed by atoms with Crippen LogP contribution in [0.4, 0.5) is 4.39 Å². The Hall–Kier alpha value is -1.19. The number of rotatable bonds is 4. The van der Waals surface area contributed by atoms with E-state index in [0.29, 0.717) is 0 Å². The third-order valence-corrected chi connectivity index (χ3v) is 4.08. The van der Waals surface area contributed by atoms with Gasteiger partial charge in [0.2, 0.25) is 0 Å². The molecule has 0 radical (unpaired) electrons. The lowest BCUT2D eigenvalue weighted by atomic mass is 9.96. The van der Waals surface area contributed by atoms with E-state index >= 15 is 0 Å². The third kappa shape index (κ3) is 3.43. The molecule has 0 fully saturated rings. The summed E-state index contributed by atoms with van der Waals surface area (Å²) in [4.78, 5) is 0. The number of hydrogen-bond donors (Lipinski definition) is 1. The lowest BCUT2D eigenvalue weighted by Crippen LogP contribution is -2.19. The van der Waals surface area contributed by atoms with Gasteiger partial charge in [0, 0.05) is 10.5 Å².